The molecule has 21 heavy (non-hydrogen) atoms. The third-order valence-electron chi connectivity index (χ3n) is 3.34. The van der Waals surface area contributed by atoms with Gasteiger partial charge in [-0.2, -0.15) is 4.31 Å². The number of nitrogens with zero attached hydrogens (tertiary/aromatic N) is 1. The molecule has 2 N–H and O–H groups in total. The summed E-state index contributed by atoms with van der Waals surface area (Å²) in [7, 11) is -3.98. The molecular weight excluding hydrogens is 298 g/mol. The van der Waals surface area contributed by atoms with Crippen LogP contribution in [0, 0.1) is 0 Å². The molecule has 3 atom stereocenters. The minimum absolute atomic E-state index is 0.0372. The van der Waals surface area contributed by atoms with Crippen molar-refractivity contribution >= 4 is 16.0 Å². The van der Waals surface area contributed by atoms with Gasteiger partial charge in [0.1, 0.15) is 11.8 Å². The maximum atomic E-state index is 12.6. The Hall–Kier alpha value is -1.64. The SMILES string of the molecule is CC1CN(S(=O)(=O)c2ccc(O)cc2)C(C(=O)O)C(C)O1. The van der Waals surface area contributed by atoms with Crippen LogP contribution in [0.2, 0.25) is 0 Å². The normalized spacial score (nSPS) is 27.4. The number of rotatable bonds is 3. The van der Waals surface area contributed by atoms with Crippen molar-refractivity contribution in [3.8, 4) is 5.75 Å². The number of carboxylic acid groups (broad SMARTS) is 1. The van der Waals surface area contributed by atoms with Crippen molar-refractivity contribution in [3.63, 3.8) is 0 Å². The molecule has 0 radical (unpaired) electrons. The highest BCUT2D eigenvalue weighted by atomic mass is 32.2. The number of ether oxygens (including phenoxy) is 1. The number of carboxylic acids is 1. The van der Waals surface area contributed by atoms with Gasteiger partial charge in [-0.05, 0) is 38.1 Å². The van der Waals surface area contributed by atoms with Gasteiger partial charge in [-0.25, -0.2) is 8.42 Å². The zero-order valence-corrected chi connectivity index (χ0v) is 12.4. The number of aromatic hydroxyl groups is 1. The average Bonchev–Trinajstić information content (AvgIpc) is 2.37. The molecule has 1 heterocycles. The molecule has 1 saturated heterocycles. The molecule has 8 heteroatoms. The number of morpholine rings is 1. The van der Waals surface area contributed by atoms with Crippen molar-refractivity contribution in [2.75, 3.05) is 6.54 Å². The van der Waals surface area contributed by atoms with Crippen LogP contribution in [0.5, 0.6) is 5.75 Å². The highest BCUT2D eigenvalue weighted by molar-refractivity contribution is 7.89. The summed E-state index contributed by atoms with van der Waals surface area (Å²) in [5.41, 5.74) is 0. The number of benzene rings is 1. The summed E-state index contributed by atoms with van der Waals surface area (Å²) < 4.78 is 31.6. The summed E-state index contributed by atoms with van der Waals surface area (Å²) in [6.45, 7) is 3.19. The second-order valence-electron chi connectivity index (χ2n) is 5.00. The maximum absolute atomic E-state index is 12.6. The van der Waals surface area contributed by atoms with E-state index < -0.39 is 34.2 Å². The van der Waals surface area contributed by atoms with Crippen LogP contribution in [0.4, 0.5) is 0 Å². The number of aliphatic carboxylic acids is 1. The molecule has 3 unspecified atom stereocenters. The predicted octanol–water partition coefficient (Wildman–Crippen LogP) is 0.643. The largest absolute Gasteiger partial charge is 0.508 e. The Morgan fingerprint density at radius 2 is 1.86 bits per heavy atom. The molecular formula is C13H17NO6S. The summed E-state index contributed by atoms with van der Waals surface area (Å²) in [5.74, 6) is -1.32. The van der Waals surface area contributed by atoms with E-state index in [9.17, 15) is 23.4 Å². The van der Waals surface area contributed by atoms with Crippen molar-refractivity contribution < 1.29 is 28.2 Å². The molecule has 0 amide bonds. The Balaban J connectivity index is 2.44. The van der Waals surface area contributed by atoms with Crippen molar-refractivity contribution in [1.29, 1.82) is 0 Å². The second-order valence-corrected chi connectivity index (χ2v) is 6.89. The Morgan fingerprint density at radius 1 is 1.29 bits per heavy atom. The first-order valence-electron chi connectivity index (χ1n) is 6.42. The Labute approximate surface area is 122 Å². The van der Waals surface area contributed by atoms with Gasteiger partial charge in [0.25, 0.3) is 0 Å². The van der Waals surface area contributed by atoms with Crippen molar-refractivity contribution in [1.82, 2.24) is 4.31 Å². The highest BCUT2D eigenvalue weighted by Gasteiger charge is 2.44. The van der Waals surface area contributed by atoms with E-state index in [1.165, 1.54) is 31.2 Å². The van der Waals surface area contributed by atoms with Crippen molar-refractivity contribution in [2.24, 2.45) is 0 Å². The number of phenolic OH excluding ortho intramolecular Hbond substituents is 1. The summed E-state index contributed by atoms with van der Waals surface area (Å²) in [6.07, 6.45) is -1.15. The molecule has 0 saturated carbocycles. The molecule has 1 aliphatic rings. The topological polar surface area (TPSA) is 104 Å². The van der Waals surface area contributed by atoms with E-state index in [1.54, 1.807) is 6.92 Å². The van der Waals surface area contributed by atoms with Crippen LogP contribution in [0.1, 0.15) is 13.8 Å². The summed E-state index contributed by atoms with van der Waals surface area (Å²) in [5, 5.41) is 18.5. The number of phenols is 1. The molecule has 0 aromatic heterocycles. The maximum Gasteiger partial charge on any atom is 0.324 e. The van der Waals surface area contributed by atoms with E-state index in [-0.39, 0.29) is 17.2 Å². The van der Waals surface area contributed by atoms with E-state index in [4.69, 9.17) is 4.74 Å². The molecule has 1 aromatic carbocycles. The van der Waals surface area contributed by atoms with Crippen LogP contribution in [0.15, 0.2) is 29.2 Å². The van der Waals surface area contributed by atoms with Crippen molar-refractivity contribution in [3.05, 3.63) is 24.3 Å². The van der Waals surface area contributed by atoms with Gasteiger partial charge in [-0.15, -0.1) is 0 Å². The van der Waals surface area contributed by atoms with Crippen LogP contribution in [-0.4, -0.2) is 53.7 Å². The lowest BCUT2D eigenvalue weighted by Gasteiger charge is -2.39. The van der Waals surface area contributed by atoms with Crippen LogP contribution >= 0.6 is 0 Å². The third kappa shape index (κ3) is 3.02. The van der Waals surface area contributed by atoms with Gasteiger partial charge in [0.2, 0.25) is 10.0 Å². The van der Waals surface area contributed by atoms with Crippen LogP contribution in [-0.2, 0) is 19.6 Å². The zero-order valence-electron chi connectivity index (χ0n) is 11.6. The zero-order chi connectivity index (χ0) is 15.8. The first-order valence-corrected chi connectivity index (χ1v) is 7.86. The van der Waals surface area contributed by atoms with Gasteiger partial charge in [0.05, 0.1) is 17.1 Å². The molecule has 1 fully saturated rings. The summed E-state index contributed by atoms with van der Waals surface area (Å²) >= 11 is 0. The van der Waals surface area contributed by atoms with Gasteiger partial charge in [0.15, 0.2) is 0 Å². The number of hydrogen-bond acceptors (Lipinski definition) is 5. The first-order chi connectivity index (χ1) is 9.73. The fraction of sp³-hybridized carbons (Fsp3) is 0.462. The lowest BCUT2D eigenvalue weighted by atomic mass is 10.1. The van der Waals surface area contributed by atoms with Gasteiger partial charge < -0.3 is 14.9 Å². The number of carbonyl (C=O) groups is 1. The van der Waals surface area contributed by atoms with Gasteiger partial charge in [-0.1, -0.05) is 0 Å². The lowest BCUT2D eigenvalue weighted by molar-refractivity contribution is -0.155. The number of hydrogen-bond donors (Lipinski definition) is 2. The molecule has 0 spiro atoms. The molecule has 0 aliphatic carbocycles. The quantitative estimate of drug-likeness (QED) is 0.848. The highest BCUT2D eigenvalue weighted by Crippen LogP contribution is 2.27. The molecule has 7 nitrogen and oxygen atoms in total. The van der Waals surface area contributed by atoms with Crippen LogP contribution in [0.3, 0.4) is 0 Å². The Morgan fingerprint density at radius 3 is 2.38 bits per heavy atom. The minimum Gasteiger partial charge on any atom is -0.508 e. The van der Waals surface area contributed by atoms with Gasteiger partial charge >= 0.3 is 5.97 Å². The molecule has 116 valence electrons. The first kappa shape index (κ1) is 15.7. The lowest BCUT2D eigenvalue weighted by Crippen LogP contribution is -2.58. The Bertz CT molecular complexity index is 627. The van der Waals surface area contributed by atoms with Gasteiger partial charge in [-0.3, -0.25) is 4.79 Å². The van der Waals surface area contributed by atoms with E-state index >= 15 is 0 Å². The van der Waals surface area contributed by atoms with Crippen molar-refractivity contribution in [2.45, 2.75) is 37.0 Å². The van der Waals surface area contributed by atoms with E-state index in [0.29, 0.717) is 0 Å². The summed E-state index contributed by atoms with van der Waals surface area (Å²) in [6, 6.07) is 3.70. The van der Waals surface area contributed by atoms with E-state index in [1.807, 2.05) is 0 Å². The summed E-state index contributed by atoms with van der Waals surface area (Å²) in [4.78, 5) is 11.3. The Kier molecular flexibility index (Phi) is 4.22. The third-order valence-corrected chi connectivity index (χ3v) is 5.20. The minimum atomic E-state index is -3.98. The van der Waals surface area contributed by atoms with E-state index in [2.05, 4.69) is 0 Å². The fourth-order valence-electron chi connectivity index (χ4n) is 2.41. The molecule has 1 aliphatic heterocycles. The monoisotopic (exact) mass is 315 g/mol. The van der Waals surface area contributed by atoms with Crippen LogP contribution < -0.4 is 0 Å². The predicted molar refractivity (Wildman–Crippen MR) is 73.4 cm³/mol. The average molecular weight is 315 g/mol. The molecule has 2 rings (SSSR count). The second kappa shape index (κ2) is 5.63. The fourth-order valence-corrected chi connectivity index (χ4v) is 4.13. The number of sulfonamides is 1. The molecule has 1 aromatic rings. The van der Waals surface area contributed by atoms with Gasteiger partial charge in [0, 0.05) is 6.54 Å². The van der Waals surface area contributed by atoms with E-state index in [0.717, 1.165) is 4.31 Å². The molecule has 0 bridgehead atoms. The standard InChI is InChI=1S/C13H17NO6S/c1-8-7-14(12(13(16)17)9(2)20-8)21(18,19)11-5-3-10(15)4-6-11/h3-6,8-9,12,15H,7H2,1-2H3,(H,16,17). The van der Waals surface area contributed by atoms with Crippen LogP contribution in [0.25, 0.3) is 0 Å². The smallest absolute Gasteiger partial charge is 0.324 e.